The van der Waals surface area contributed by atoms with E-state index in [4.69, 9.17) is 0 Å². The van der Waals surface area contributed by atoms with E-state index in [1.165, 1.54) is 4.90 Å². The van der Waals surface area contributed by atoms with Gasteiger partial charge in [0, 0.05) is 18.8 Å². The predicted molar refractivity (Wildman–Crippen MR) is 102 cm³/mol. The van der Waals surface area contributed by atoms with Crippen LogP contribution in [0.4, 0.5) is 0 Å². The Morgan fingerprint density at radius 1 is 1.22 bits per heavy atom. The maximum absolute atomic E-state index is 12.9. The first kappa shape index (κ1) is 18.8. The Labute approximate surface area is 158 Å². The number of aryl methyl sites for hydroxylation is 2. The zero-order chi connectivity index (χ0) is 19.7. The van der Waals surface area contributed by atoms with Gasteiger partial charge in [-0.3, -0.25) is 14.7 Å². The van der Waals surface area contributed by atoms with Crippen molar-refractivity contribution >= 4 is 17.4 Å². The van der Waals surface area contributed by atoms with Crippen LogP contribution in [0.1, 0.15) is 28.6 Å². The first-order valence-electron chi connectivity index (χ1n) is 8.83. The summed E-state index contributed by atoms with van der Waals surface area (Å²) in [6.07, 6.45) is 0. The normalized spacial score (nSPS) is 19.3. The molecule has 2 N–H and O–H groups in total. The lowest BCUT2D eigenvalue weighted by Gasteiger charge is -2.26. The molecular weight excluding hydrogens is 344 g/mol. The molecule has 142 valence electrons. The first-order valence-corrected chi connectivity index (χ1v) is 8.83. The number of Topliss-reactive ketones (excluding diaryl/α,β-unsaturated/α-hetero) is 1. The number of aliphatic hydroxyl groups excluding tert-OH is 1. The van der Waals surface area contributed by atoms with Crippen molar-refractivity contribution in [2.24, 2.45) is 0 Å². The molecule has 1 saturated heterocycles. The largest absolute Gasteiger partial charge is 0.507 e. The molecule has 1 aromatic carbocycles. The van der Waals surface area contributed by atoms with Crippen molar-refractivity contribution in [3.63, 3.8) is 0 Å². The van der Waals surface area contributed by atoms with Gasteiger partial charge in [0.05, 0.1) is 22.9 Å². The zero-order valence-corrected chi connectivity index (χ0v) is 16.0. The molecule has 7 heteroatoms. The Kier molecular flexibility index (Phi) is 5.14. The van der Waals surface area contributed by atoms with E-state index in [9.17, 15) is 14.7 Å². The Morgan fingerprint density at radius 3 is 2.44 bits per heavy atom. The summed E-state index contributed by atoms with van der Waals surface area (Å²) in [7, 11) is 3.82. The van der Waals surface area contributed by atoms with Crippen LogP contribution < -0.4 is 0 Å². The van der Waals surface area contributed by atoms with Crippen LogP contribution in [0.5, 0.6) is 0 Å². The number of nitrogens with zero attached hydrogens (tertiary/aromatic N) is 3. The van der Waals surface area contributed by atoms with Crippen LogP contribution in [0.3, 0.4) is 0 Å². The van der Waals surface area contributed by atoms with Gasteiger partial charge in [-0.05, 0) is 33.5 Å². The fraction of sp³-hybridized carbons (Fsp3) is 0.350. The number of benzene rings is 1. The van der Waals surface area contributed by atoms with Crippen LogP contribution >= 0.6 is 0 Å². The highest BCUT2D eigenvalue weighted by Crippen LogP contribution is 2.39. The number of likely N-dealkylation sites (N-methyl/N-ethyl adjacent to an activating group) is 1. The number of aromatic amines is 1. The third-order valence-corrected chi connectivity index (χ3v) is 4.81. The number of hydrogen-bond donors (Lipinski definition) is 2. The van der Waals surface area contributed by atoms with Gasteiger partial charge in [0.1, 0.15) is 5.76 Å². The lowest BCUT2D eigenvalue weighted by molar-refractivity contribution is -0.140. The fourth-order valence-electron chi connectivity index (χ4n) is 3.43. The van der Waals surface area contributed by atoms with Crippen molar-refractivity contribution in [2.75, 3.05) is 27.2 Å². The second-order valence-electron chi connectivity index (χ2n) is 7.02. The van der Waals surface area contributed by atoms with Crippen molar-refractivity contribution in [3.05, 3.63) is 58.4 Å². The maximum atomic E-state index is 12.9. The van der Waals surface area contributed by atoms with Gasteiger partial charge in [0.15, 0.2) is 0 Å². The van der Waals surface area contributed by atoms with E-state index in [1.54, 1.807) is 13.8 Å². The average Bonchev–Trinajstić information content (AvgIpc) is 3.10. The molecule has 27 heavy (non-hydrogen) atoms. The van der Waals surface area contributed by atoms with Crippen molar-refractivity contribution in [1.82, 2.24) is 20.0 Å². The molecule has 1 amide bonds. The van der Waals surface area contributed by atoms with Crippen molar-refractivity contribution in [3.8, 4) is 0 Å². The summed E-state index contributed by atoms with van der Waals surface area (Å²) in [5.74, 6) is -1.44. The molecule has 0 saturated carbocycles. The number of amides is 1. The second kappa shape index (κ2) is 7.36. The van der Waals surface area contributed by atoms with Crippen LogP contribution in [-0.4, -0.2) is 64.0 Å². The second-order valence-corrected chi connectivity index (χ2v) is 7.02. The van der Waals surface area contributed by atoms with E-state index < -0.39 is 17.7 Å². The van der Waals surface area contributed by atoms with E-state index >= 15 is 0 Å². The van der Waals surface area contributed by atoms with E-state index in [1.807, 2.05) is 49.3 Å². The number of hydrogen-bond acceptors (Lipinski definition) is 5. The third-order valence-electron chi connectivity index (χ3n) is 4.81. The van der Waals surface area contributed by atoms with Crippen molar-refractivity contribution in [2.45, 2.75) is 19.9 Å². The van der Waals surface area contributed by atoms with Gasteiger partial charge in [-0.15, -0.1) is 0 Å². The highest BCUT2D eigenvalue weighted by molar-refractivity contribution is 6.46. The lowest BCUT2D eigenvalue weighted by Crippen LogP contribution is -2.35. The average molecular weight is 368 g/mol. The minimum absolute atomic E-state index is 0.109. The fourth-order valence-corrected chi connectivity index (χ4v) is 3.43. The number of aliphatic hydroxyl groups is 1. The van der Waals surface area contributed by atoms with Crippen LogP contribution in [0.2, 0.25) is 0 Å². The van der Waals surface area contributed by atoms with Gasteiger partial charge in [-0.2, -0.15) is 5.10 Å². The molecule has 7 nitrogen and oxygen atoms in total. The molecule has 0 unspecified atom stereocenters. The smallest absolute Gasteiger partial charge is 0.295 e. The number of aromatic nitrogens is 2. The van der Waals surface area contributed by atoms with E-state index in [0.29, 0.717) is 30.0 Å². The van der Waals surface area contributed by atoms with E-state index in [-0.39, 0.29) is 11.3 Å². The Morgan fingerprint density at radius 2 is 1.89 bits per heavy atom. The number of carbonyl (C=O) groups excluding carboxylic acids is 2. The standard InChI is InChI=1S/C20H24N4O3/c1-12-15(13(2)22-21-12)18(25)16-17(14-8-6-5-7-9-14)24(11-10-23(3)4)20(27)19(16)26/h5-9,17,25H,10-11H2,1-4H3,(H,21,22)/t17-/m1/s1. The summed E-state index contributed by atoms with van der Waals surface area (Å²) in [6.45, 7) is 4.52. The molecule has 0 bridgehead atoms. The Hall–Kier alpha value is -2.93. The van der Waals surface area contributed by atoms with Gasteiger partial charge in [0.25, 0.3) is 11.7 Å². The molecule has 0 spiro atoms. The molecule has 1 aliphatic rings. The first-order chi connectivity index (χ1) is 12.8. The van der Waals surface area contributed by atoms with Crippen LogP contribution in [0.15, 0.2) is 35.9 Å². The summed E-state index contributed by atoms with van der Waals surface area (Å²) in [5.41, 5.74) is 2.60. The maximum Gasteiger partial charge on any atom is 0.295 e. The highest BCUT2D eigenvalue weighted by Gasteiger charge is 2.46. The number of H-pyrrole nitrogens is 1. The molecule has 0 radical (unpaired) electrons. The minimum Gasteiger partial charge on any atom is -0.507 e. The summed E-state index contributed by atoms with van der Waals surface area (Å²) in [4.78, 5) is 29.1. The number of likely N-dealkylation sites (tertiary alicyclic amines) is 1. The predicted octanol–water partition coefficient (Wildman–Crippen LogP) is 2.01. The summed E-state index contributed by atoms with van der Waals surface area (Å²) >= 11 is 0. The molecule has 1 fully saturated rings. The minimum atomic E-state index is -0.667. The number of rotatable bonds is 5. The quantitative estimate of drug-likeness (QED) is 0.479. The van der Waals surface area contributed by atoms with Gasteiger partial charge in [-0.25, -0.2) is 0 Å². The topological polar surface area (TPSA) is 89.5 Å². The van der Waals surface area contributed by atoms with Crippen LogP contribution in [0, 0.1) is 13.8 Å². The summed E-state index contributed by atoms with van der Waals surface area (Å²) in [5, 5.41) is 17.9. The molecule has 1 aliphatic heterocycles. The molecule has 2 aromatic rings. The number of ketones is 1. The van der Waals surface area contributed by atoms with Gasteiger partial charge in [-0.1, -0.05) is 30.3 Å². The SMILES string of the molecule is Cc1n[nH]c(C)c1C(O)=C1C(=O)C(=O)N(CCN(C)C)[C@@H]1c1ccccc1. The third kappa shape index (κ3) is 3.38. The molecule has 1 aromatic heterocycles. The zero-order valence-electron chi connectivity index (χ0n) is 16.0. The monoisotopic (exact) mass is 368 g/mol. The van der Waals surface area contributed by atoms with Crippen molar-refractivity contribution < 1.29 is 14.7 Å². The van der Waals surface area contributed by atoms with Crippen LogP contribution in [0.25, 0.3) is 5.76 Å². The molecule has 0 aliphatic carbocycles. The molecular formula is C20H24N4O3. The Balaban J connectivity index is 2.17. The summed E-state index contributed by atoms with van der Waals surface area (Å²) < 4.78 is 0. The molecule has 1 atom stereocenters. The number of carbonyl (C=O) groups is 2. The van der Waals surface area contributed by atoms with E-state index in [0.717, 1.165) is 5.56 Å². The van der Waals surface area contributed by atoms with Crippen molar-refractivity contribution in [1.29, 1.82) is 0 Å². The Bertz CT molecular complexity index is 880. The number of nitrogens with one attached hydrogen (secondary N) is 1. The van der Waals surface area contributed by atoms with Crippen LogP contribution in [-0.2, 0) is 9.59 Å². The van der Waals surface area contributed by atoms with E-state index in [2.05, 4.69) is 10.2 Å². The highest BCUT2D eigenvalue weighted by atomic mass is 16.3. The van der Waals surface area contributed by atoms with Gasteiger partial charge in [0.2, 0.25) is 0 Å². The lowest BCUT2D eigenvalue weighted by atomic mass is 9.95. The molecule has 3 rings (SSSR count). The summed E-state index contributed by atoms with van der Waals surface area (Å²) in [6, 6.07) is 8.69. The van der Waals surface area contributed by atoms with Gasteiger partial charge >= 0.3 is 0 Å². The molecule has 2 heterocycles. The van der Waals surface area contributed by atoms with Gasteiger partial charge < -0.3 is 14.9 Å².